The van der Waals surface area contributed by atoms with Crippen molar-refractivity contribution in [3.63, 3.8) is 0 Å². The molecule has 81 heavy (non-hydrogen) atoms. The van der Waals surface area contributed by atoms with Crippen LogP contribution in [0.3, 0.4) is 0 Å². The maximum Gasteiger partial charge on any atom is 0.306 e. The van der Waals surface area contributed by atoms with Gasteiger partial charge in [-0.15, -0.1) is 0 Å². The first-order valence-corrected chi connectivity index (χ1v) is 36.5. The van der Waals surface area contributed by atoms with E-state index >= 15 is 0 Å². The Hall–Kier alpha value is -2.37. The number of allylic oxidation sites excluding steroid dienone is 6. The molecular formula is C75H140O6. The van der Waals surface area contributed by atoms with Gasteiger partial charge >= 0.3 is 17.9 Å². The summed E-state index contributed by atoms with van der Waals surface area (Å²) >= 11 is 0. The standard InChI is InChI=1S/C75H140O6/c1-4-7-10-13-16-19-22-25-28-31-33-35-36-37-38-40-41-44-47-50-53-56-59-62-65-68-74(77)80-71-72(70-79-73(76)67-64-61-58-55-52-49-46-43-30-27-24-21-18-15-12-9-6-3)81-75(78)69-66-63-60-57-54-51-48-45-42-39-34-32-29-26-23-20-17-14-11-8-5-2/h23,26,31-34,72H,4-22,24-25,27-30,35-71H2,1-3H3/b26-23-,33-31-,34-32-. The Balaban J connectivity index is 4.29. The number of carbonyl (C=O) groups is 3. The van der Waals surface area contributed by atoms with Gasteiger partial charge in [-0.1, -0.05) is 346 Å². The van der Waals surface area contributed by atoms with Gasteiger partial charge in [0.25, 0.3) is 0 Å². The van der Waals surface area contributed by atoms with Crippen molar-refractivity contribution < 1.29 is 28.6 Å². The van der Waals surface area contributed by atoms with Gasteiger partial charge in [-0.25, -0.2) is 0 Å². The summed E-state index contributed by atoms with van der Waals surface area (Å²) in [6, 6.07) is 0. The largest absolute Gasteiger partial charge is 0.462 e. The second-order valence-corrected chi connectivity index (χ2v) is 24.9. The fourth-order valence-electron chi connectivity index (χ4n) is 11.1. The Morgan fingerprint density at radius 2 is 0.444 bits per heavy atom. The van der Waals surface area contributed by atoms with E-state index in [9.17, 15) is 14.4 Å². The molecule has 6 heteroatoms. The van der Waals surface area contributed by atoms with Crippen LogP contribution in [0.4, 0.5) is 0 Å². The van der Waals surface area contributed by atoms with Crippen molar-refractivity contribution in [3.8, 4) is 0 Å². The lowest BCUT2D eigenvalue weighted by Gasteiger charge is -2.18. The molecule has 0 aliphatic carbocycles. The number of hydrogen-bond acceptors (Lipinski definition) is 6. The van der Waals surface area contributed by atoms with Crippen LogP contribution in [0.2, 0.25) is 0 Å². The van der Waals surface area contributed by atoms with Gasteiger partial charge < -0.3 is 14.2 Å². The molecule has 1 unspecified atom stereocenters. The molecule has 6 nitrogen and oxygen atoms in total. The molecule has 0 N–H and O–H groups in total. The molecule has 1 atom stereocenters. The highest BCUT2D eigenvalue weighted by molar-refractivity contribution is 5.71. The van der Waals surface area contributed by atoms with Gasteiger partial charge in [-0.3, -0.25) is 14.4 Å². The highest BCUT2D eigenvalue weighted by Gasteiger charge is 2.19. The van der Waals surface area contributed by atoms with E-state index in [4.69, 9.17) is 14.2 Å². The molecule has 0 bridgehead atoms. The third kappa shape index (κ3) is 68.3. The molecule has 0 aromatic carbocycles. The summed E-state index contributed by atoms with van der Waals surface area (Å²) in [5, 5.41) is 0. The molecule has 0 heterocycles. The molecule has 0 rings (SSSR count). The fourth-order valence-corrected chi connectivity index (χ4v) is 11.1. The topological polar surface area (TPSA) is 78.9 Å². The van der Waals surface area contributed by atoms with E-state index in [0.29, 0.717) is 19.3 Å². The van der Waals surface area contributed by atoms with E-state index in [-0.39, 0.29) is 31.1 Å². The Morgan fingerprint density at radius 3 is 0.691 bits per heavy atom. The minimum atomic E-state index is -0.773. The predicted octanol–water partition coefficient (Wildman–Crippen LogP) is 25.1. The van der Waals surface area contributed by atoms with Crippen molar-refractivity contribution in [1.82, 2.24) is 0 Å². The molecule has 0 aromatic heterocycles. The van der Waals surface area contributed by atoms with Crippen LogP contribution in [0.15, 0.2) is 36.5 Å². The maximum absolute atomic E-state index is 13.0. The van der Waals surface area contributed by atoms with Crippen LogP contribution >= 0.6 is 0 Å². The second-order valence-electron chi connectivity index (χ2n) is 24.9. The lowest BCUT2D eigenvalue weighted by Crippen LogP contribution is -2.30. The first-order valence-electron chi connectivity index (χ1n) is 36.5. The van der Waals surface area contributed by atoms with Crippen LogP contribution in [0.25, 0.3) is 0 Å². The molecule has 0 amide bonds. The smallest absolute Gasteiger partial charge is 0.306 e. The summed E-state index contributed by atoms with van der Waals surface area (Å²) in [4.78, 5) is 38.5. The van der Waals surface area contributed by atoms with E-state index < -0.39 is 6.10 Å². The van der Waals surface area contributed by atoms with Crippen LogP contribution in [-0.4, -0.2) is 37.2 Å². The zero-order valence-corrected chi connectivity index (χ0v) is 54.8. The molecule has 0 saturated carbocycles. The lowest BCUT2D eigenvalue weighted by atomic mass is 10.0. The van der Waals surface area contributed by atoms with Gasteiger partial charge in [0.05, 0.1) is 0 Å². The third-order valence-electron chi connectivity index (χ3n) is 16.6. The van der Waals surface area contributed by atoms with Gasteiger partial charge in [0, 0.05) is 19.3 Å². The first kappa shape index (κ1) is 78.6. The molecular weight excluding hydrogens is 997 g/mol. The van der Waals surface area contributed by atoms with Crippen molar-refractivity contribution in [2.24, 2.45) is 0 Å². The summed E-state index contributed by atoms with van der Waals surface area (Å²) in [6.45, 7) is 6.71. The second kappa shape index (κ2) is 70.1. The molecule has 0 aliphatic rings. The van der Waals surface area contributed by atoms with Crippen LogP contribution in [-0.2, 0) is 28.6 Å². The number of esters is 3. The zero-order valence-electron chi connectivity index (χ0n) is 54.8. The summed E-state index contributed by atoms with van der Waals surface area (Å²) in [7, 11) is 0. The van der Waals surface area contributed by atoms with Gasteiger partial charge in [0.2, 0.25) is 0 Å². The molecule has 0 saturated heterocycles. The van der Waals surface area contributed by atoms with E-state index in [0.717, 1.165) is 64.2 Å². The molecule has 0 aromatic rings. The molecule has 0 fully saturated rings. The van der Waals surface area contributed by atoms with Crippen molar-refractivity contribution in [1.29, 1.82) is 0 Å². The van der Waals surface area contributed by atoms with Crippen molar-refractivity contribution in [2.45, 2.75) is 412 Å². The summed E-state index contributed by atoms with van der Waals surface area (Å²) in [6.07, 6.45) is 87.4. The van der Waals surface area contributed by atoms with Crippen LogP contribution in [0.5, 0.6) is 0 Å². The van der Waals surface area contributed by atoms with Crippen molar-refractivity contribution >= 4 is 17.9 Å². The maximum atomic E-state index is 13.0. The normalized spacial score (nSPS) is 12.2. The summed E-state index contributed by atoms with van der Waals surface area (Å²) in [5.41, 5.74) is 0. The molecule has 0 aliphatic heterocycles. The monoisotopic (exact) mass is 1140 g/mol. The summed E-state index contributed by atoms with van der Waals surface area (Å²) in [5.74, 6) is -0.841. The van der Waals surface area contributed by atoms with Crippen LogP contribution < -0.4 is 0 Å². The molecule has 0 spiro atoms. The zero-order chi connectivity index (χ0) is 58.5. The van der Waals surface area contributed by atoms with E-state index in [2.05, 4.69) is 57.2 Å². The fraction of sp³-hybridized carbons (Fsp3) is 0.880. The quantitative estimate of drug-likeness (QED) is 0.0261. The van der Waals surface area contributed by atoms with E-state index in [1.165, 1.54) is 302 Å². The highest BCUT2D eigenvalue weighted by Crippen LogP contribution is 2.18. The average Bonchev–Trinajstić information content (AvgIpc) is 3.47. The predicted molar refractivity (Wildman–Crippen MR) is 353 cm³/mol. The number of carbonyl (C=O) groups excluding carboxylic acids is 3. The highest BCUT2D eigenvalue weighted by atomic mass is 16.6. The van der Waals surface area contributed by atoms with Crippen LogP contribution in [0, 0.1) is 0 Å². The Kier molecular flexibility index (Phi) is 68.1. The molecule has 476 valence electrons. The van der Waals surface area contributed by atoms with Crippen LogP contribution in [0.1, 0.15) is 406 Å². The number of ether oxygens (including phenoxy) is 3. The van der Waals surface area contributed by atoms with Gasteiger partial charge in [-0.05, 0) is 77.0 Å². The minimum Gasteiger partial charge on any atom is -0.462 e. The number of hydrogen-bond donors (Lipinski definition) is 0. The first-order chi connectivity index (χ1) is 40.0. The Morgan fingerprint density at radius 1 is 0.247 bits per heavy atom. The lowest BCUT2D eigenvalue weighted by molar-refractivity contribution is -0.167. The Labute approximate surface area is 506 Å². The SMILES string of the molecule is CCCCCCC/C=C\C/C=C\CCCCCCCCCCCC(=O)OC(COC(=O)CCCCCCCCCCCCCCC/C=C\CCCCCCCCCC)COC(=O)CCCCCCCCCCCCCCCCCCC. The van der Waals surface area contributed by atoms with E-state index in [1.807, 2.05) is 0 Å². The molecule has 0 radical (unpaired) electrons. The minimum absolute atomic E-state index is 0.0684. The summed E-state index contributed by atoms with van der Waals surface area (Å²) < 4.78 is 17.0. The van der Waals surface area contributed by atoms with Gasteiger partial charge in [0.1, 0.15) is 13.2 Å². The van der Waals surface area contributed by atoms with Crippen molar-refractivity contribution in [2.75, 3.05) is 13.2 Å². The van der Waals surface area contributed by atoms with E-state index in [1.54, 1.807) is 0 Å². The van der Waals surface area contributed by atoms with Gasteiger partial charge in [0.15, 0.2) is 6.10 Å². The number of rotatable bonds is 68. The van der Waals surface area contributed by atoms with Gasteiger partial charge in [-0.2, -0.15) is 0 Å². The van der Waals surface area contributed by atoms with Crippen molar-refractivity contribution in [3.05, 3.63) is 36.5 Å². The average molecular weight is 1140 g/mol. The third-order valence-corrected chi connectivity index (χ3v) is 16.6. The Bertz CT molecular complexity index is 1350. The number of unbranched alkanes of at least 4 members (excludes halogenated alkanes) is 51.